The van der Waals surface area contributed by atoms with Gasteiger partial charge in [-0.2, -0.15) is 0 Å². The van der Waals surface area contributed by atoms with E-state index in [0.717, 1.165) is 58.0 Å². The normalized spacial score (nSPS) is 27.7. The average Bonchev–Trinajstić information content (AvgIpc) is 2.74. The molecule has 0 aromatic rings. The Labute approximate surface area is 195 Å². The highest BCUT2D eigenvalue weighted by molar-refractivity contribution is 5.68. The quantitative estimate of drug-likeness (QED) is 0.210. The van der Waals surface area contributed by atoms with E-state index in [-0.39, 0.29) is 24.1 Å². The molecular weight excluding hydrogens is 406 g/mol. The van der Waals surface area contributed by atoms with Crippen LogP contribution in [0.15, 0.2) is 0 Å². The van der Waals surface area contributed by atoms with Crippen LogP contribution in [0.4, 0.5) is 0 Å². The number of unbranched alkanes of at least 4 members (excludes halogenated alkanes) is 6. The van der Waals surface area contributed by atoms with E-state index in [1.54, 1.807) is 0 Å². The van der Waals surface area contributed by atoms with Crippen LogP contribution in [0.3, 0.4) is 0 Å². The van der Waals surface area contributed by atoms with Gasteiger partial charge in [0.15, 0.2) is 0 Å². The molecule has 188 valence electrons. The van der Waals surface area contributed by atoms with Crippen molar-refractivity contribution < 1.29 is 20.1 Å². The molecule has 2 heterocycles. The first-order valence-electron chi connectivity index (χ1n) is 13.1. The molecule has 2 rings (SSSR count). The van der Waals surface area contributed by atoms with Gasteiger partial charge in [0.1, 0.15) is 0 Å². The highest BCUT2D eigenvalue weighted by Gasteiger charge is 2.34. The second kappa shape index (κ2) is 13.9. The summed E-state index contributed by atoms with van der Waals surface area (Å²) in [5.74, 6) is -0.930. The number of aliphatic hydroxyl groups excluding tert-OH is 1. The molecule has 7 nitrogen and oxygen atoms in total. The molecule has 2 saturated heterocycles. The summed E-state index contributed by atoms with van der Waals surface area (Å²) in [6.07, 6.45) is 13.3. The van der Waals surface area contributed by atoms with Gasteiger partial charge in [0.2, 0.25) is 0 Å². The van der Waals surface area contributed by atoms with Crippen LogP contribution in [0.1, 0.15) is 104 Å². The lowest BCUT2D eigenvalue weighted by molar-refractivity contribution is -0.143. The molecule has 0 aliphatic carbocycles. The third kappa shape index (κ3) is 10.5. The summed E-state index contributed by atoms with van der Waals surface area (Å²) in [5.41, 5.74) is -1.19. The molecule has 0 spiro atoms. The summed E-state index contributed by atoms with van der Waals surface area (Å²) in [4.78, 5) is 11.3. The second-order valence-electron chi connectivity index (χ2n) is 10.8. The van der Waals surface area contributed by atoms with Gasteiger partial charge in [0.05, 0.1) is 18.1 Å². The van der Waals surface area contributed by atoms with Crippen LogP contribution < -0.4 is 16.0 Å². The topological polar surface area (TPSA) is 114 Å². The Morgan fingerprint density at radius 3 is 2.31 bits per heavy atom. The largest absolute Gasteiger partial charge is 0.481 e. The highest BCUT2D eigenvalue weighted by atomic mass is 16.4. The monoisotopic (exact) mass is 455 g/mol. The van der Waals surface area contributed by atoms with Crippen LogP contribution in [0.25, 0.3) is 0 Å². The Balaban J connectivity index is 1.55. The molecule has 0 amide bonds. The molecule has 0 aromatic carbocycles. The van der Waals surface area contributed by atoms with Gasteiger partial charge in [-0.25, -0.2) is 0 Å². The Morgan fingerprint density at radius 2 is 1.69 bits per heavy atom. The highest BCUT2D eigenvalue weighted by Crippen LogP contribution is 2.24. The van der Waals surface area contributed by atoms with Gasteiger partial charge in [-0.3, -0.25) is 4.79 Å². The number of hydrogen-bond donors (Lipinski definition) is 6. The summed E-state index contributed by atoms with van der Waals surface area (Å²) < 4.78 is 0. The maximum atomic E-state index is 11.3. The van der Waals surface area contributed by atoms with Gasteiger partial charge in [0.25, 0.3) is 0 Å². The molecule has 2 aliphatic rings. The van der Waals surface area contributed by atoms with E-state index < -0.39 is 11.6 Å². The molecule has 0 bridgehead atoms. The van der Waals surface area contributed by atoms with Crippen molar-refractivity contribution in [3.8, 4) is 0 Å². The number of aliphatic hydroxyl groups is 2. The summed E-state index contributed by atoms with van der Waals surface area (Å²) in [7, 11) is 0. The number of aliphatic carboxylic acids is 1. The first-order valence-corrected chi connectivity index (χ1v) is 13.1. The molecule has 2 aliphatic heterocycles. The van der Waals surface area contributed by atoms with E-state index in [1.807, 2.05) is 0 Å². The minimum Gasteiger partial charge on any atom is -0.481 e. The van der Waals surface area contributed by atoms with E-state index in [4.69, 9.17) is 0 Å². The number of piperidine rings is 2. The second-order valence-corrected chi connectivity index (χ2v) is 10.8. The number of carbonyl (C=O) groups is 1. The maximum absolute atomic E-state index is 11.3. The lowest BCUT2D eigenvalue weighted by Gasteiger charge is -2.38. The molecule has 4 atom stereocenters. The summed E-state index contributed by atoms with van der Waals surface area (Å²) in [6.45, 7) is 6.50. The van der Waals surface area contributed by atoms with Gasteiger partial charge >= 0.3 is 5.97 Å². The van der Waals surface area contributed by atoms with Crippen molar-refractivity contribution in [2.75, 3.05) is 19.6 Å². The molecule has 2 fully saturated rings. The van der Waals surface area contributed by atoms with Gasteiger partial charge < -0.3 is 31.3 Å². The zero-order chi connectivity index (χ0) is 23.5. The minimum absolute atomic E-state index is 0.0251. The van der Waals surface area contributed by atoms with Crippen molar-refractivity contribution in [2.24, 2.45) is 0 Å². The smallest absolute Gasteiger partial charge is 0.306 e. The van der Waals surface area contributed by atoms with Crippen molar-refractivity contribution in [2.45, 2.75) is 133 Å². The molecule has 0 saturated carbocycles. The van der Waals surface area contributed by atoms with Crippen molar-refractivity contribution in [3.05, 3.63) is 0 Å². The molecule has 0 radical (unpaired) electrons. The van der Waals surface area contributed by atoms with Gasteiger partial charge in [-0.1, -0.05) is 44.9 Å². The van der Waals surface area contributed by atoms with Crippen molar-refractivity contribution in [1.29, 1.82) is 0 Å². The first kappa shape index (κ1) is 27.5. The molecular formula is C25H49N3O4. The number of rotatable bonds is 15. The molecule has 32 heavy (non-hydrogen) atoms. The fourth-order valence-electron chi connectivity index (χ4n) is 5.20. The van der Waals surface area contributed by atoms with Crippen LogP contribution in [0, 0.1) is 0 Å². The standard InChI is InChI=1S/C25H49N3O4/c1-20-22(29)12-11-21(28-20)10-8-6-4-3-5-7-9-13-25(32,18-23(30)31)19-27-24(2)14-16-26-17-15-24/h20-22,26-29,32H,3-19H2,1-2H3,(H,30,31)/t20-,21+,22+,25+/m0/s1. The lowest BCUT2D eigenvalue weighted by atomic mass is 9.87. The number of carboxylic acid groups (broad SMARTS) is 1. The predicted octanol–water partition coefficient (Wildman–Crippen LogP) is 2.94. The third-order valence-electron chi connectivity index (χ3n) is 7.61. The third-order valence-corrected chi connectivity index (χ3v) is 7.61. The summed E-state index contributed by atoms with van der Waals surface area (Å²) >= 11 is 0. The lowest BCUT2D eigenvalue weighted by Crippen LogP contribution is -2.55. The van der Waals surface area contributed by atoms with Crippen molar-refractivity contribution >= 4 is 5.97 Å². The van der Waals surface area contributed by atoms with Gasteiger partial charge in [-0.15, -0.1) is 0 Å². The minimum atomic E-state index is -1.17. The number of nitrogens with one attached hydrogen (secondary N) is 3. The van der Waals surface area contributed by atoms with Crippen molar-refractivity contribution in [1.82, 2.24) is 16.0 Å². The van der Waals surface area contributed by atoms with Crippen LogP contribution >= 0.6 is 0 Å². The summed E-state index contributed by atoms with van der Waals surface area (Å²) in [5, 5.41) is 40.4. The maximum Gasteiger partial charge on any atom is 0.306 e. The number of hydrogen-bond acceptors (Lipinski definition) is 6. The predicted molar refractivity (Wildman–Crippen MR) is 129 cm³/mol. The summed E-state index contributed by atoms with van der Waals surface area (Å²) in [6, 6.07) is 0.771. The van der Waals surface area contributed by atoms with Crippen LogP contribution in [0.5, 0.6) is 0 Å². The Hall–Kier alpha value is -0.730. The van der Waals surface area contributed by atoms with E-state index in [2.05, 4.69) is 29.8 Å². The fraction of sp³-hybridized carbons (Fsp3) is 0.960. The van der Waals surface area contributed by atoms with Crippen LogP contribution in [0.2, 0.25) is 0 Å². The zero-order valence-corrected chi connectivity index (χ0v) is 20.5. The first-order chi connectivity index (χ1) is 15.2. The van der Waals surface area contributed by atoms with Crippen LogP contribution in [-0.4, -0.2) is 70.3 Å². The molecule has 0 aromatic heterocycles. The average molecular weight is 456 g/mol. The van der Waals surface area contributed by atoms with E-state index in [0.29, 0.717) is 19.0 Å². The number of carboxylic acids is 1. The molecule has 7 heteroatoms. The zero-order valence-electron chi connectivity index (χ0n) is 20.5. The Kier molecular flexibility index (Phi) is 11.9. The van der Waals surface area contributed by atoms with E-state index >= 15 is 0 Å². The van der Waals surface area contributed by atoms with Gasteiger partial charge in [0, 0.05) is 24.2 Å². The van der Waals surface area contributed by atoms with E-state index in [1.165, 1.54) is 32.1 Å². The van der Waals surface area contributed by atoms with Crippen LogP contribution in [-0.2, 0) is 4.79 Å². The molecule has 0 unspecified atom stereocenters. The Bertz CT molecular complexity index is 541. The fourth-order valence-corrected chi connectivity index (χ4v) is 5.20. The van der Waals surface area contributed by atoms with Gasteiger partial charge in [-0.05, 0) is 65.5 Å². The molecule has 6 N–H and O–H groups in total. The van der Waals surface area contributed by atoms with E-state index in [9.17, 15) is 20.1 Å². The Morgan fingerprint density at radius 1 is 1.06 bits per heavy atom. The SMILES string of the molecule is C[C@@H]1N[C@H](CCCCCCCCC[C@](O)(CNC2(C)CCNCC2)CC(=O)O)CC[C@H]1O. The van der Waals surface area contributed by atoms with Crippen molar-refractivity contribution in [3.63, 3.8) is 0 Å². The number of β-amino-alcohol motifs (C(OH)–C–C–N with tert-alkyl or cyclic N) is 1.